The number of nitrogens with one attached hydrogen (secondary N) is 1. The Bertz CT molecular complexity index is 387. The zero-order chi connectivity index (χ0) is 14.3. The number of carbonyl (C=O) groups is 1. The van der Waals surface area contributed by atoms with Crippen molar-refractivity contribution in [3.63, 3.8) is 0 Å². The molecule has 0 aliphatic carbocycles. The van der Waals surface area contributed by atoms with Crippen LogP contribution >= 0.6 is 0 Å². The normalized spacial score (nSPS) is 13.1. The molecule has 19 heavy (non-hydrogen) atoms. The van der Waals surface area contributed by atoms with Crippen molar-refractivity contribution in [2.24, 2.45) is 0 Å². The first-order valence-corrected chi connectivity index (χ1v) is 6.90. The predicted molar refractivity (Wildman–Crippen MR) is 78.2 cm³/mol. The van der Waals surface area contributed by atoms with E-state index in [0.29, 0.717) is 13.0 Å². The van der Waals surface area contributed by atoms with Crippen molar-refractivity contribution in [2.75, 3.05) is 13.2 Å². The van der Waals surface area contributed by atoms with Crippen LogP contribution in [0.1, 0.15) is 39.7 Å². The number of rotatable bonds is 7. The highest BCUT2D eigenvalue weighted by Crippen LogP contribution is 2.21. The van der Waals surface area contributed by atoms with Gasteiger partial charge in [-0.2, -0.15) is 0 Å². The van der Waals surface area contributed by atoms with Crippen LogP contribution in [0.3, 0.4) is 0 Å². The standard InChI is InChI=1S/C16H25NO2/c1-5-19-15(18)11-13(2)17-12-16(3,4)14-9-7-6-8-10-14/h6-10,13,17H,5,11-12H2,1-4H3. The lowest BCUT2D eigenvalue weighted by Crippen LogP contribution is -2.39. The highest BCUT2D eigenvalue weighted by molar-refractivity contribution is 5.70. The summed E-state index contributed by atoms with van der Waals surface area (Å²) in [4.78, 5) is 11.4. The third kappa shape index (κ3) is 5.43. The van der Waals surface area contributed by atoms with Crippen molar-refractivity contribution in [1.29, 1.82) is 0 Å². The van der Waals surface area contributed by atoms with Crippen molar-refractivity contribution in [3.05, 3.63) is 35.9 Å². The minimum absolute atomic E-state index is 0.0458. The van der Waals surface area contributed by atoms with Crippen LogP contribution in [0.4, 0.5) is 0 Å². The van der Waals surface area contributed by atoms with Gasteiger partial charge in [-0.1, -0.05) is 44.2 Å². The molecule has 0 bridgehead atoms. The van der Waals surface area contributed by atoms with Gasteiger partial charge in [0.25, 0.3) is 0 Å². The summed E-state index contributed by atoms with van der Waals surface area (Å²) in [6, 6.07) is 10.5. The summed E-state index contributed by atoms with van der Waals surface area (Å²) in [5.41, 5.74) is 1.34. The van der Waals surface area contributed by atoms with Gasteiger partial charge in [-0.3, -0.25) is 4.79 Å². The summed E-state index contributed by atoms with van der Waals surface area (Å²) >= 11 is 0. The van der Waals surface area contributed by atoms with E-state index in [4.69, 9.17) is 4.74 Å². The minimum atomic E-state index is -0.139. The van der Waals surface area contributed by atoms with E-state index in [1.165, 1.54) is 5.56 Å². The molecule has 0 aliphatic rings. The maximum absolute atomic E-state index is 11.4. The van der Waals surface area contributed by atoms with Crippen molar-refractivity contribution in [1.82, 2.24) is 5.32 Å². The average Bonchev–Trinajstić information content (AvgIpc) is 2.38. The summed E-state index contributed by atoms with van der Waals surface area (Å²) in [7, 11) is 0. The van der Waals surface area contributed by atoms with Gasteiger partial charge in [-0.25, -0.2) is 0 Å². The van der Waals surface area contributed by atoms with Gasteiger partial charge in [-0.15, -0.1) is 0 Å². The van der Waals surface area contributed by atoms with Gasteiger partial charge < -0.3 is 10.1 Å². The highest BCUT2D eigenvalue weighted by Gasteiger charge is 2.21. The first-order chi connectivity index (χ1) is 8.95. The number of esters is 1. The Morgan fingerprint density at radius 2 is 1.95 bits per heavy atom. The van der Waals surface area contributed by atoms with Crippen LogP contribution in [0.5, 0.6) is 0 Å². The fourth-order valence-corrected chi connectivity index (χ4v) is 1.96. The van der Waals surface area contributed by atoms with Crippen LogP contribution in [0.2, 0.25) is 0 Å². The molecular weight excluding hydrogens is 238 g/mol. The maximum atomic E-state index is 11.4. The Labute approximate surface area is 116 Å². The maximum Gasteiger partial charge on any atom is 0.307 e. The van der Waals surface area contributed by atoms with E-state index in [2.05, 4.69) is 43.4 Å². The van der Waals surface area contributed by atoms with Crippen LogP contribution in [0.15, 0.2) is 30.3 Å². The molecule has 0 radical (unpaired) electrons. The number of hydrogen-bond donors (Lipinski definition) is 1. The van der Waals surface area contributed by atoms with Gasteiger partial charge in [0.2, 0.25) is 0 Å². The lowest BCUT2D eigenvalue weighted by atomic mass is 9.84. The predicted octanol–water partition coefficient (Wildman–Crippen LogP) is 2.90. The molecule has 1 aromatic carbocycles. The summed E-state index contributed by atoms with van der Waals surface area (Å²) < 4.78 is 4.95. The van der Waals surface area contributed by atoms with Gasteiger partial charge in [0.05, 0.1) is 13.0 Å². The molecular formula is C16H25NO2. The third-order valence-electron chi connectivity index (χ3n) is 3.23. The first-order valence-electron chi connectivity index (χ1n) is 6.90. The fraction of sp³-hybridized carbons (Fsp3) is 0.562. The molecule has 0 heterocycles. The molecule has 0 saturated heterocycles. The fourth-order valence-electron chi connectivity index (χ4n) is 1.96. The first kappa shape index (κ1) is 15.7. The van der Waals surface area contributed by atoms with E-state index in [1.54, 1.807) is 0 Å². The van der Waals surface area contributed by atoms with Crippen LogP contribution in [0, 0.1) is 0 Å². The molecule has 1 unspecified atom stereocenters. The summed E-state index contributed by atoms with van der Waals surface area (Å²) in [6.07, 6.45) is 0.415. The molecule has 1 rings (SSSR count). The highest BCUT2D eigenvalue weighted by atomic mass is 16.5. The largest absolute Gasteiger partial charge is 0.466 e. The van der Waals surface area contributed by atoms with E-state index >= 15 is 0 Å². The Hall–Kier alpha value is -1.35. The molecule has 3 heteroatoms. The Kier molecular flexibility index (Phi) is 6.03. The van der Waals surface area contributed by atoms with Crippen molar-refractivity contribution in [3.8, 4) is 0 Å². The molecule has 3 nitrogen and oxygen atoms in total. The van der Waals surface area contributed by atoms with E-state index in [0.717, 1.165) is 6.54 Å². The van der Waals surface area contributed by atoms with E-state index in [-0.39, 0.29) is 17.4 Å². The SMILES string of the molecule is CCOC(=O)CC(C)NCC(C)(C)c1ccccc1. The third-order valence-corrected chi connectivity index (χ3v) is 3.23. The lowest BCUT2D eigenvalue weighted by molar-refractivity contribution is -0.143. The Morgan fingerprint density at radius 3 is 2.53 bits per heavy atom. The second-order valence-corrected chi connectivity index (χ2v) is 5.54. The zero-order valence-corrected chi connectivity index (χ0v) is 12.4. The van der Waals surface area contributed by atoms with Crippen molar-refractivity contribution in [2.45, 2.75) is 45.6 Å². The topological polar surface area (TPSA) is 38.3 Å². The van der Waals surface area contributed by atoms with Gasteiger partial charge in [0.1, 0.15) is 0 Å². The van der Waals surface area contributed by atoms with E-state index in [9.17, 15) is 4.79 Å². The Balaban J connectivity index is 2.45. The summed E-state index contributed by atoms with van der Waals surface area (Å²) in [6.45, 7) is 9.52. The quantitative estimate of drug-likeness (QED) is 0.769. The number of hydrogen-bond acceptors (Lipinski definition) is 3. The number of ether oxygens (including phenoxy) is 1. The molecule has 0 spiro atoms. The number of carbonyl (C=O) groups excluding carboxylic acids is 1. The Morgan fingerprint density at radius 1 is 1.32 bits per heavy atom. The zero-order valence-electron chi connectivity index (χ0n) is 12.4. The van der Waals surface area contributed by atoms with Crippen LogP contribution in [0.25, 0.3) is 0 Å². The minimum Gasteiger partial charge on any atom is -0.466 e. The van der Waals surface area contributed by atoms with Crippen LogP contribution in [-0.4, -0.2) is 25.2 Å². The van der Waals surface area contributed by atoms with Crippen LogP contribution in [-0.2, 0) is 14.9 Å². The number of benzene rings is 1. The van der Waals surface area contributed by atoms with Gasteiger partial charge in [0.15, 0.2) is 0 Å². The van der Waals surface area contributed by atoms with Crippen molar-refractivity contribution >= 4 is 5.97 Å². The van der Waals surface area contributed by atoms with Crippen molar-refractivity contribution < 1.29 is 9.53 Å². The molecule has 1 aromatic rings. The van der Waals surface area contributed by atoms with E-state index in [1.807, 2.05) is 19.9 Å². The molecule has 106 valence electrons. The van der Waals surface area contributed by atoms with Crippen LogP contribution < -0.4 is 5.32 Å². The second-order valence-electron chi connectivity index (χ2n) is 5.54. The van der Waals surface area contributed by atoms with Gasteiger partial charge in [-0.05, 0) is 19.4 Å². The lowest BCUT2D eigenvalue weighted by Gasteiger charge is -2.27. The molecule has 0 amide bonds. The summed E-state index contributed by atoms with van der Waals surface area (Å²) in [5, 5.41) is 3.41. The van der Waals surface area contributed by atoms with E-state index < -0.39 is 0 Å². The average molecular weight is 263 g/mol. The summed E-state index contributed by atoms with van der Waals surface area (Å²) in [5.74, 6) is -0.139. The molecule has 0 aliphatic heterocycles. The molecule has 1 atom stereocenters. The molecule has 1 N–H and O–H groups in total. The molecule has 0 saturated carbocycles. The second kappa shape index (κ2) is 7.29. The van der Waals surface area contributed by atoms with Gasteiger partial charge in [0, 0.05) is 18.0 Å². The van der Waals surface area contributed by atoms with Gasteiger partial charge >= 0.3 is 5.97 Å². The molecule has 0 fully saturated rings. The molecule has 0 aromatic heterocycles. The smallest absolute Gasteiger partial charge is 0.307 e. The monoisotopic (exact) mass is 263 g/mol.